The molecule has 0 radical (unpaired) electrons. The lowest BCUT2D eigenvalue weighted by Gasteiger charge is -2.28. The van der Waals surface area contributed by atoms with E-state index < -0.39 is 0 Å². The molecule has 0 spiro atoms. The number of aryl methyl sites for hydroxylation is 1. The van der Waals surface area contributed by atoms with Gasteiger partial charge in [-0.15, -0.1) is 0 Å². The molecule has 0 saturated carbocycles. The van der Waals surface area contributed by atoms with Gasteiger partial charge in [-0.1, -0.05) is 37.7 Å². The summed E-state index contributed by atoms with van der Waals surface area (Å²) in [5.74, 6) is 0.567. The van der Waals surface area contributed by atoms with Gasteiger partial charge in [-0.05, 0) is 25.0 Å². The number of thiocarbonyl (C=S) groups is 1. The first-order valence-electron chi connectivity index (χ1n) is 6.60. The SMILES string of the molecule is COCCN(CC(C)C)c1ccc(C)cc1C(N)=S. The standard InChI is InChI=1S/C15H24N2OS/c1-11(2)10-17(7-8-18-4)14-6-5-12(3)9-13(14)15(16)19/h5-6,9,11H,7-8,10H2,1-4H3,(H2,16,19). The van der Waals surface area contributed by atoms with Crippen molar-refractivity contribution in [2.75, 3.05) is 31.7 Å². The Morgan fingerprint density at radius 2 is 2.11 bits per heavy atom. The molecule has 0 aliphatic rings. The zero-order valence-electron chi connectivity index (χ0n) is 12.3. The van der Waals surface area contributed by atoms with Gasteiger partial charge in [0.15, 0.2) is 0 Å². The molecular formula is C15H24N2OS. The smallest absolute Gasteiger partial charge is 0.106 e. The van der Waals surface area contributed by atoms with Gasteiger partial charge in [0.25, 0.3) is 0 Å². The molecule has 106 valence electrons. The number of nitrogens with two attached hydrogens (primary N) is 1. The fourth-order valence-electron chi connectivity index (χ4n) is 2.08. The van der Waals surface area contributed by atoms with Crippen LogP contribution in [0.25, 0.3) is 0 Å². The molecule has 1 rings (SSSR count). The number of anilines is 1. The third kappa shape index (κ3) is 4.80. The van der Waals surface area contributed by atoms with Crippen LogP contribution in [0.5, 0.6) is 0 Å². The third-order valence-electron chi connectivity index (χ3n) is 2.91. The van der Waals surface area contributed by atoms with E-state index in [4.69, 9.17) is 22.7 Å². The Balaban J connectivity index is 3.09. The zero-order chi connectivity index (χ0) is 14.4. The molecule has 1 aromatic rings. The number of rotatable bonds is 7. The predicted molar refractivity (Wildman–Crippen MR) is 86.0 cm³/mol. The van der Waals surface area contributed by atoms with Crippen molar-refractivity contribution < 1.29 is 4.74 Å². The van der Waals surface area contributed by atoms with Crippen LogP contribution in [0.2, 0.25) is 0 Å². The van der Waals surface area contributed by atoms with Gasteiger partial charge in [0.1, 0.15) is 4.99 Å². The second-order valence-corrected chi connectivity index (χ2v) is 5.66. The van der Waals surface area contributed by atoms with Gasteiger partial charge in [0.05, 0.1) is 6.61 Å². The van der Waals surface area contributed by atoms with Gasteiger partial charge >= 0.3 is 0 Å². The molecular weight excluding hydrogens is 256 g/mol. The Bertz CT molecular complexity index is 432. The van der Waals surface area contributed by atoms with Crippen molar-refractivity contribution >= 4 is 22.9 Å². The quantitative estimate of drug-likeness (QED) is 0.780. The summed E-state index contributed by atoms with van der Waals surface area (Å²) < 4.78 is 5.19. The van der Waals surface area contributed by atoms with E-state index in [0.29, 0.717) is 17.5 Å². The summed E-state index contributed by atoms with van der Waals surface area (Å²) in [7, 11) is 1.72. The largest absolute Gasteiger partial charge is 0.389 e. The minimum Gasteiger partial charge on any atom is -0.389 e. The summed E-state index contributed by atoms with van der Waals surface area (Å²) in [6.45, 7) is 8.95. The van der Waals surface area contributed by atoms with Crippen LogP contribution in [0.15, 0.2) is 18.2 Å². The van der Waals surface area contributed by atoms with E-state index >= 15 is 0 Å². The van der Waals surface area contributed by atoms with E-state index in [1.165, 1.54) is 5.56 Å². The fourth-order valence-corrected chi connectivity index (χ4v) is 2.24. The van der Waals surface area contributed by atoms with Crippen LogP contribution in [0.1, 0.15) is 25.0 Å². The van der Waals surface area contributed by atoms with Crippen molar-refractivity contribution in [1.29, 1.82) is 0 Å². The Hall–Kier alpha value is -1.13. The topological polar surface area (TPSA) is 38.5 Å². The maximum absolute atomic E-state index is 5.85. The number of benzene rings is 1. The predicted octanol–water partition coefficient (Wildman–Crippen LogP) is 2.74. The van der Waals surface area contributed by atoms with Crippen molar-refractivity contribution in [2.24, 2.45) is 11.7 Å². The van der Waals surface area contributed by atoms with Gasteiger partial charge in [-0.25, -0.2) is 0 Å². The van der Waals surface area contributed by atoms with Gasteiger partial charge in [-0.2, -0.15) is 0 Å². The molecule has 0 aliphatic heterocycles. The molecule has 0 bridgehead atoms. The fraction of sp³-hybridized carbons (Fsp3) is 0.533. The summed E-state index contributed by atoms with van der Waals surface area (Å²) >= 11 is 5.17. The molecule has 0 atom stereocenters. The van der Waals surface area contributed by atoms with Crippen molar-refractivity contribution in [3.63, 3.8) is 0 Å². The molecule has 0 fully saturated rings. The lowest BCUT2D eigenvalue weighted by atomic mass is 10.1. The number of hydrogen-bond acceptors (Lipinski definition) is 3. The number of methoxy groups -OCH3 is 1. The average molecular weight is 280 g/mol. The Morgan fingerprint density at radius 1 is 1.42 bits per heavy atom. The van der Waals surface area contributed by atoms with Crippen LogP contribution in [-0.2, 0) is 4.74 Å². The minimum atomic E-state index is 0.449. The molecule has 0 aliphatic carbocycles. The van der Waals surface area contributed by atoms with Gasteiger partial charge < -0.3 is 15.4 Å². The lowest BCUT2D eigenvalue weighted by Crippen LogP contribution is -2.32. The van der Waals surface area contributed by atoms with Gasteiger partial charge in [0.2, 0.25) is 0 Å². The highest BCUT2D eigenvalue weighted by atomic mass is 32.1. The monoisotopic (exact) mass is 280 g/mol. The molecule has 0 aromatic heterocycles. The average Bonchev–Trinajstić information content (AvgIpc) is 2.34. The molecule has 0 amide bonds. The van der Waals surface area contributed by atoms with Crippen LogP contribution in [0, 0.1) is 12.8 Å². The highest BCUT2D eigenvalue weighted by Gasteiger charge is 2.14. The first-order chi connectivity index (χ1) is 8.95. The lowest BCUT2D eigenvalue weighted by molar-refractivity contribution is 0.204. The van der Waals surface area contributed by atoms with E-state index in [9.17, 15) is 0 Å². The summed E-state index contributed by atoms with van der Waals surface area (Å²) in [6, 6.07) is 6.25. The maximum atomic E-state index is 5.85. The maximum Gasteiger partial charge on any atom is 0.106 e. The minimum absolute atomic E-state index is 0.449. The van der Waals surface area contributed by atoms with E-state index in [1.54, 1.807) is 7.11 Å². The first kappa shape index (κ1) is 15.9. The second-order valence-electron chi connectivity index (χ2n) is 5.22. The van der Waals surface area contributed by atoms with Crippen LogP contribution in [-0.4, -0.2) is 31.8 Å². The van der Waals surface area contributed by atoms with Crippen molar-refractivity contribution in [2.45, 2.75) is 20.8 Å². The summed E-state index contributed by atoms with van der Waals surface area (Å²) in [5, 5.41) is 0. The highest BCUT2D eigenvalue weighted by molar-refractivity contribution is 7.80. The van der Waals surface area contributed by atoms with Crippen molar-refractivity contribution in [1.82, 2.24) is 0 Å². The molecule has 0 heterocycles. The summed E-state index contributed by atoms with van der Waals surface area (Å²) in [4.78, 5) is 2.74. The normalized spacial score (nSPS) is 10.8. The first-order valence-corrected chi connectivity index (χ1v) is 7.01. The van der Waals surface area contributed by atoms with E-state index in [1.807, 2.05) is 6.92 Å². The van der Waals surface area contributed by atoms with Crippen molar-refractivity contribution in [3.8, 4) is 0 Å². The van der Waals surface area contributed by atoms with Crippen LogP contribution in [0.4, 0.5) is 5.69 Å². The molecule has 1 aromatic carbocycles. The molecule has 0 unspecified atom stereocenters. The van der Waals surface area contributed by atoms with E-state index in [0.717, 1.165) is 24.3 Å². The van der Waals surface area contributed by atoms with Crippen LogP contribution < -0.4 is 10.6 Å². The zero-order valence-corrected chi connectivity index (χ0v) is 13.1. The molecule has 19 heavy (non-hydrogen) atoms. The second kappa shape index (κ2) is 7.46. The molecule has 2 N–H and O–H groups in total. The number of hydrogen-bond donors (Lipinski definition) is 1. The Kier molecular flexibility index (Phi) is 6.25. The van der Waals surface area contributed by atoms with Crippen molar-refractivity contribution in [3.05, 3.63) is 29.3 Å². The highest BCUT2D eigenvalue weighted by Crippen LogP contribution is 2.23. The Morgan fingerprint density at radius 3 is 2.63 bits per heavy atom. The van der Waals surface area contributed by atoms with E-state index in [-0.39, 0.29) is 0 Å². The summed E-state index contributed by atoms with van der Waals surface area (Å²) in [6.07, 6.45) is 0. The number of ether oxygens (including phenoxy) is 1. The molecule has 4 heteroatoms. The van der Waals surface area contributed by atoms with Crippen LogP contribution in [0.3, 0.4) is 0 Å². The van der Waals surface area contributed by atoms with Crippen LogP contribution >= 0.6 is 12.2 Å². The van der Waals surface area contributed by atoms with Gasteiger partial charge in [0, 0.05) is 31.5 Å². The number of nitrogens with zero attached hydrogens (tertiary/aromatic N) is 1. The Labute approximate surface area is 121 Å². The molecule has 0 saturated heterocycles. The third-order valence-corrected chi connectivity index (χ3v) is 3.13. The molecule has 3 nitrogen and oxygen atoms in total. The van der Waals surface area contributed by atoms with E-state index in [2.05, 4.69) is 36.9 Å². The van der Waals surface area contributed by atoms with Gasteiger partial charge in [-0.3, -0.25) is 0 Å². The summed E-state index contributed by atoms with van der Waals surface area (Å²) in [5.41, 5.74) is 9.07.